The minimum absolute atomic E-state index is 0.294. The van der Waals surface area contributed by atoms with Crippen LogP contribution in [0.5, 0.6) is 5.75 Å². The summed E-state index contributed by atoms with van der Waals surface area (Å²) in [5.41, 5.74) is 2.26. The number of hydrogen-bond donors (Lipinski definition) is 1. The number of aryl methyl sites for hydroxylation is 1. The smallest absolute Gasteiger partial charge is 0.126 e. The minimum Gasteiger partial charge on any atom is -0.496 e. The summed E-state index contributed by atoms with van der Waals surface area (Å²) in [6.07, 6.45) is 4.31. The zero-order valence-electron chi connectivity index (χ0n) is 9.53. The predicted molar refractivity (Wildman–Crippen MR) is 63.1 cm³/mol. The van der Waals surface area contributed by atoms with Crippen LogP contribution in [0.3, 0.4) is 0 Å². The number of rotatable bonds is 4. The van der Waals surface area contributed by atoms with Gasteiger partial charge in [-0.25, -0.2) is 0 Å². The molecule has 0 spiro atoms. The van der Waals surface area contributed by atoms with Crippen molar-refractivity contribution in [2.24, 2.45) is 0 Å². The van der Waals surface area contributed by atoms with Crippen molar-refractivity contribution >= 4 is 6.08 Å². The second kappa shape index (κ2) is 5.56. The third-order valence-electron chi connectivity index (χ3n) is 2.16. The molecule has 0 saturated carbocycles. The zero-order chi connectivity index (χ0) is 11.3. The van der Waals surface area contributed by atoms with Crippen molar-refractivity contribution < 1.29 is 9.84 Å². The standard InChI is InChI=1S/C13H18O2/c1-10-7-8-13(15-3)12(9-10)6-4-5-11(2)14/h4,6-9,11,14H,5H2,1-3H3/b6-4+/t11-/m1/s1. The number of aliphatic hydroxyl groups excluding tert-OH is 1. The van der Waals surface area contributed by atoms with E-state index in [1.807, 2.05) is 31.2 Å². The first-order valence-electron chi connectivity index (χ1n) is 5.12. The van der Waals surface area contributed by atoms with Crippen LogP contribution in [0.25, 0.3) is 6.08 Å². The molecule has 0 fully saturated rings. The van der Waals surface area contributed by atoms with Crippen molar-refractivity contribution in [2.75, 3.05) is 7.11 Å². The summed E-state index contributed by atoms with van der Waals surface area (Å²) < 4.78 is 5.24. The van der Waals surface area contributed by atoms with Gasteiger partial charge in [-0.2, -0.15) is 0 Å². The molecule has 0 unspecified atom stereocenters. The second-order valence-corrected chi connectivity index (χ2v) is 3.73. The van der Waals surface area contributed by atoms with E-state index in [0.717, 1.165) is 11.3 Å². The molecule has 1 N–H and O–H groups in total. The summed E-state index contributed by atoms with van der Waals surface area (Å²) in [5, 5.41) is 9.13. The topological polar surface area (TPSA) is 29.5 Å². The van der Waals surface area contributed by atoms with Crippen molar-refractivity contribution in [3.8, 4) is 5.75 Å². The van der Waals surface area contributed by atoms with E-state index in [9.17, 15) is 0 Å². The van der Waals surface area contributed by atoms with Gasteiger partial charge < -0.3 is 9.84 Å². The Kier molecular flexibility index (Phi) is 4.37. The summed E-state index contributed by atoms with van der Waals surface area (Å²) in [6.45, 7) is 3.82. The third-order valence-corrected chi connectivity index (χ3v) is 2.16. The van der Waals surface area contributed by atoms with E-state index < -0.39 is 0 Å². The summed E-state index contributed by atoms with van der Waals surface area (Å²) in [5.74, 6) is 0.863. The highest BCUT2D eigenvalue weighted by Crippen LogP contribution is 2.21. The van der Waals surface area contributed by atoms with Crippen molar-refractivity contribution in [2.45, 2.75) is 26.4 Å². The Balaban J connectivity index is 2.82. The quantitative estimate of drug-likeness (QED) is 0.820. The van der Waals surface area contributed by atoms with Crippen LogP contribution in [0.15, 0.2) is 24.3 Å². The Labute approximate surface area is 91.2 Å². The fourth-order valence-corrected chi connectivity index (χ4v) is 1.38. The predicted octanol–water partition coefficient (Wildman–Crippen LogP) is 2.79. The lowest BCUT2D eigenvalue weighted by Gasteiger charge is -2.05. The van der Waals surface area contributed by atoms with Gasteiger partial charge in [-0.15, -0.1) is 0 Å². The molecule has 0 heterocycles. The molecule has 82 valence electrons. The highest BCUT2D eigenvalue weighted by Gasteiger charge is 1.99. The van der Waals surface area contributed by atoms with E-state index in [-0.39, 0.29) is 6.10 Å². The van der Waals surface area contributed by atoms with Gasteiger partial charge in [0.1, 0.15) is 5.75 Å². The third kappa shape index (κ3) is 3.76. The number of hydrogen-bond acceptors (Lipinski definition) is 2. The molecule has 1 aromatic carbocycles. The van der Waals surface area contributed by atoms with Gasteiger partial charge in [0.25, 0.3) is 0 Å². The Morgan fingerprint density at radius 2 is 2.20 bits per heavy atom. The van der Waals surface area contributed by atoms with Crippen LogP contribution in [-0.2, 0) is 0 Å². The van der Waals surface area contributed by atoms with E-state index in [1.165, 1.54) is 5.56 Å². The number of methoxy groups -OCH3 is 1. The lowest BCUT2D eigenvalue weighted by atomic mass is 10.1. The van der Waals surface area contributed by atoms with Crippen LogP contribution in [-0.4, -0.2) is 18.3 Å². The average molecular weight is 206 g/mol. The highest BCUT2D eigenvalue weighted by atomic mass is 16.5. The largest absolute Gasteiger partial charge is 0.496 e. The first kappa shape index (κ1) is 11.8. The van der Waals surface area contributed by atoms with Gasteiger partial charge in [0.05, 0.1) is 13.2 Å². The maximum Gasteiger partial charge on any atom is 0.126 e. The molecular formula is C13H18O2. The molecular weight excluding hydrogens is 188 g/mol. The summed E-state index contributed by atoms with van der Waals surface area (Å²) >= 11 is 0. The minimum atomic E-state index is -0.294. The average Bonchev–Trinajstić information content (AvgIpc) is 2.17. The van der Waals surface area contributed by atoms with Crippen molar-refractivity contribution in [3.05, 3.63) is 35.4 Å². The summed E-state index contributed by atoms with van der Waals surface area (Å²) in [7, 11) is 1.66. The number of benzene rings is 1. The molecule has 0 aliphatic rings. The maximum absolute atomic E-state index is 9.13. The molecule has 1 aromatic rings. The normalized spacial score (nSPS) is 13.1. The van der Waals surface area contributed by atoms with Gasteiger partial charge in [-0.1, -0.05) is 23.8 Å². The van der Waals surface area contributed by atoms with Crippen LogP contribution < -0.4 is 4.74 Å². The molecule has 1 rings (SSSR count). The first-order valence-corrected chi connectivity index (χ1v) is 5.12. The number of ether oxygens (including phenoxy) is 1. The molecule has 0 amide bonds. The van der Waals surface area contributed by atoms with E-state index in [1.54, 1.807) is 14.0 Å². The molecule has 15 heavy (non-hydrogen) atoms. The first-order chi connectivity index (χ1) is 7.13. The second-order valence-electron chi connectivity index (χ2n) is 3.73. The SMILES string of the molecule is COc1ccc(C)cc1/C=C/C[C@@H](C)O. The van der Waals surface area contributed by atoms with E-state index in [4.69, 9.17) is 9.84 Å². The molecule has 1 atom stereocenters. The van der Waals surface area contributed by atoms with Gasteiger partial charge in [-0.3, -0.25) is 0 Å². The molecule has 0 bridgehead atoms. The fraction of sp³-hybridized carbons (Fsp3) is 0.385. The molecule has 0 aliphatic carbocycles. The van der Waals surface area contributed by atoms with Crippen LogP contribution in [0.1, 0.15) is 24.5 Å². The van der Waals surface area contributed by atoms with Gasteiger partial charge in [0.15, 0.2) is 0 Å². The van der Waals surface area contributed by atoms with Crippen LogP contribution in [0.2, 0.25) is 0 Å². The molecule has 2 nitrogen and oxygen atoms in total. The summed E-state index contributed by atoms with van der Waals surface area (Å²) in [6, 6.07) is 6.04. The number of aliphatic hydroxyl groups is 1. The van der Waals surface area contributed by atoms with Crippen molar-refractivity contribution in [1.29, 1.82) is 0 Å². The van der Waals surface area contributed by atoms with Gasteiger partial charge in [-0.05, 0) is 32.4 Å². The van der Waals surface area contributed by atoms with Crippen molar-refractivity contribution in [1.82, 2.24) is 0 Å². The maximum atomic E-state index is 9.13. The molecule has 2 heteroatoms. The van der Waals surface area contributed by atoms with Crippen LogP contribution in [0, 0.1) is 6.92 Å². The molecule has 0 saturated heterocycles. The zero-order valence-corrected chi connectivity index (χ0v) is 9.53. The molecule has 0 aliphatic heterocycles. The van der Waals surface area contributed by atoms with E-state index in [2.05, 4.69) is 6.07 Å². The summed E-state index contributed by atoms with van der Waals surface area (Å²) in [4.78, 5) is 0. The Morgan fingerprint density at radius 3 is 2.80 bits per heavy atom. The van der Waals surface area contributed by atoms with Gasteiger partial charge in [0, 0.05) is 5.56 Å². The lowest BCUT2D eigenvalue weighted by molar-refractivity contribution is 0.199. The lowest BCUT2D eigenvalue weighted by Crippen LogP contribution is -1.95. The molecule has 0 aromatic heterocycles. The molecule has 0 radical (unpaired) electrons. The van der Waals surface area contributed by atoms with Crippen molar-refractivity contribution in [3.63, 3.8) is 0 Å². The van der Waals surface area contributed by atoms with Gasteiger partial charge in [0.2, 0.25) is 0 Å². The highest BCUT2D eigenvalue weighted by molar-refractivity contribution is 5.58. The Hall–Kier alpha value is -1.28. The Bertz CT molecular complexity index is 340. The monoisotopic (exact) mass is 206 g/mol. The van der Waals surface area contributed by atoms with E-state index in [0.29, 0.717) is 6.42 Å². The Morgan fingerprint density at radius 1 is 1.47 bits per heavy atom. The van der Waals surface area contributed by atoms with Crippen LogP contribution >= 0.6 is 0 Å². The van der Waals surface area contributed by atoms with E-state index >= 15 is 0 Å². The van der Waals surface area contributed by atoms with Gasteiger partial charge >= 0.3 is 0 Å². The fourth-order valence-electron chi connectivity index (χ4n) is 1.38. The van der Waals surface area contributed by atoms with Crippen LogP contribution in [0.4, 0.5) is 0 Å².